The average molecular weight is 318 g/mol. The van der Waals surface area contributed by atoms with Crippen molar-refractivity contribution < 1.29 is 9.18 Å². The number of nitrogens with zero attached hydrogens (tertiary/aromatic N) is 1. The summed E-state index contributed by atoms with van der Waals surface area (Å²) in [6.45, 7) is 3.12. The Balaban J connectivity index is 1.57. The van der Waals surface area contributed by atoms with Gasteiger partial charge in [0.15, 0.2) is 0 Å². The minimum atomic E-state index is -0.181. The molecular formula is C19H27FN2O. The summed E-state index contributed by atoms with van der Waals surface area (Å²) in [5.74, 6) is 0.472. The fourth-order valence-electron chi connectivity index (χ4n) is 3.57. The van der Waals surface area contributed by atoms with Crippen LogP contribution in [0.2, 0.25) is 0 Å². The van der Waals surface area contributed by atoms with E-state index in [-0.39, 0.29) is 11.7 Å². The van der Waals surface area contributed by atoms with Gasteiger partial charge in [-0.05, 0) is 37.7 Å². The lowest BCUT2D eigenvalue weighted by Gasteiger charge is -2.30. The van der Waals surface area contributed by atoms with E-state index in [2.05, 4.69) is 17.1 Å². The van der Waals surface area contributed by atoms with Gasteiger partial charge >= 0.3 is 0 Å². The number of hydrogen-bond acceptors (Lipinski definition) is 2. The number of carbonyl (C=O) groups excluding carboxylic acids is 1. The summed E-state index contributed by atoms with van der Waals surface area (Å²) in [4.78, 5) is 14.6. The summed E-state index contributed by atoms with van der Waals surface area (Å²) in [6.07, 6.45) is 6.99. The molecule has 2 saturated carbocycles. The summed E-state index contributed by atoms with van der Waals surface area (Å²) in [5, 5.41) is 3.21. The van der Waals surface area contributed by atoms with Gasteiger partial charge in [-0.3, -0.25) is 9.69 Å². The molecule has 126 valence electrons. The Bertz CT molecular complexity index is 544. The summed E-state index contributed by atoms with van der Waals surface area (Å²) >= 11 is 0. The van der Waals surface area contributed by atoms with Crippen LogP contribution in [0.1, 0.15) is 51.0 Å². The Hall–Kier alpha value is -1.42. The van der Waals surface area contributed by atoms with Crippen LogP contribution in [-0.2, 0) is 11.3 Å². The Labute approximate surface area is 138 Å². The van der Waals surface area contributed by atoms with E-state index >= 15 is 0 Å². The highest BCUT2D eigenvalue weighted by Gasteiger charge is 2.31. The monoisotopic (exact) mass is 318 g/mol. The second-order valence-corrected chi connectivity index (χ2v) is 7.16. The molecule has 3 nitrogen and oxygen atoms in total. The van der Waals surface area contributed by atoms with Gasteiger partial charge in [-0.1, -0.05) is 38.0 Å². The molecule has 1 N–H and O–H groups in total. The Morgan fingerprint density at radius 3 is 2.65 bits per heavy atom. The van der Waals surface area contributed by atoms with Gasteiger partial charge in [-0.15, -0.1) is 0 Å². The molecule has 0 spiro atoms. The summed E-state index contributed by atoms with van der Waals surface area (Å²) in [6, 6.07) is 7.61. The first-order valence-electron chi connectivity index (χ1n) is 8.90. The lowest BCUT2D eigenvalue weighted by Crippen LogP contribution is -2.46. The number of amides is 1. The highest BCUT2D eigenvalue weighted by molar-refractivity contribution is 5.78. The van der Waals surface area contributed by atoms with Gasteiger partial charge in [0.05, 0.1) is 6.54 Å². The highest BCUT2D eigenvalue weighted by Crippen LogP contribution is 2.29. The average Bonchev–Trinajstić information content (AvgIpc) is 3.36. The maximum absolute atomic E-state index is 13.9. The number of carbonyl (C=O) groups is 1. The van der Waals surface area contributed by atoms with E-state index < -0.39 is 0 Å². The fraction of sp³-hybridized carbons (Fsp3) is 0.632. The molecular weight excluding hydrogens is 291 g/mol. The largest absolute Gasteiger partial charge is 0.352 e. The Morgan fingerprint density at radius 1 is 1.22 bits per heavy atom. The zero-order valence-electron chi connectivity index (χ0n) is 13.9. The van der Waals surface area contributed by atoms with Gasteiger partial charge in [-0.2, -0.15) is 0 Å². The van der Waals surface area contributed by atoms with Crippen molar-refractivity contribution >= 4 is 5.91 Å². The van der Waals surface area contributed by atoms with Crippen LogP contribution in [0.15, 0.2) is 24.3 Å². The third kappa shape index (κ3) is 4.54. The molecule has 0 radical (unpaired) electrons. The maximum Gasteiger partial charge on any atom is 0.234 e. The quantitative estimate of drug-likeness (QED) is 0.871. The molecule has 1 aromatic rings. The van der Waals surface area contributed by atoms with Gasteiger partial charge in [0, 0.05) is 24.2 Å². The van der Waals surface area contributed by atoms with Crippen molar-refractivity contribution in [2.75, 3.05) is 6.54 Å². The van der Waals surface area contributed by atoms with Gasteiger partial charge in [0.25, 0.3) is 0 Å². The first kappa shape index (κ1) is 16.4. The van der Waals surface area contributed by atoms with Crippen LogP contribution in [-0.4, -0.2) is 29.4 Å². The van der Waals surface area contributed by atoms with Crippen LogP contribution >= 0.6 is 0 Å². The molecule has 4 heteroatoms. The van der Waals surface area contributed by atoms with E-state index in [9.17, 15) is 9.18 Å². The van der Waals surface area contributed by atoms with Gasteiger partial charge < -0.3 is 5.32 Å². The zero-order valence-corrected chi connectivity index (χ0v) is 13.9. The predicted octanol–water partition coefficient (Wildman–Crippen LogP) is 3.49. The molecule has 3 rings (SSSR count). The second kappa shape index (κ2) is 7.43. The molecule has 1 aromatic carbocycles. The van der Waals surface area contributed by atoms with Crippen LogP contribution in [0, 0.1) is 11.7 Å². The number of hydrogen-bond donors (Lipinski definition) is 1. The molecule has 2 aliphatic carbocycles. The van der Waals surface area contributed by atoms with E-state index in [0.717, 1.165) is 19.3 Å². The molecule has 0 bridgehead atoms. The van der Waals surface area contributed by atoms with Crippen LogP contribution in [0.4, 0.5) is 4.39 Å². The van der Waals surface area contributed by atoms with Crippen LogP contribution in [0.3, 0.4) is 0 Å². The van der Waals surface area contributed by atoms with Crippen molar-refractivity contribution in [2.45, 2.75) is 64.1 Å². The lowest BCUT2D eigenvalue weighted by atomic mass is 9.86. The summed E-state index contributed by atoms with van der Waals surface area (Å²) < 4.78 is 13.9. The summed E-state index contributed by atoms with van der Waals surface area (Å²) in [7, 11) is 0. The summed E-state index contributed by atoms with van der Waals surface area (Å²) in [5.41, 5.74) is 0.679. The van der Waals surface area contributed by atoms with E-state index in [1.165, 1.54) is 25.3 Å². The molecule has 2 aliphatic rings. The van der Waals surface area contributed by atoms with E-state index in [4.69, 9.17) is 0 Å². The first-order valence-corrected chi connectivity index (χ1v) is 8.90. The van der Waals surface area contributed by atoms with Crippen LogP contribution in [0.25, 0.3) is 0 Å². The molecule has 0 unspecified atom stereocenters. The van der Waals surface area contributed by atoms with Gasteiger partial charge in [0.2, 0.25) is 5.91 Å². The third-order valence-electron chi connectivity index (χ3n) is 5.20. The Morgan fingerprint density at radius 2 is 1.96 bits per heavy atom. The SMILES string of the molecule is C[C@@H]1CCCC[C@H]1NC(=O)CN(Cc1ccccc1F)C1CC1. The molecule has 1 amide bonds. The lowest BCUT2D eigenvalue weighted by molar-refractivity contribution is -0.123. The van der Waals surface area contributed by atoms with Gasteiger partial charge in [-0.25, -0.2) is 4.39 Å². The number of halogens is 1. The smallest absolute Gasteiger partial charge is 0.234 e. The third-order valence-corrected chi connectivity index (χ3v) is 5.20. The van der Waals surface area contributed by atoms with Crippen molar-refractivity contribution in [3.05, 3.63) is 35.6 Å². The normalized spacial score (nSPS) is 24.7. The predicted molar refractivity (Wildman–Crippen MR) is 89.4 cm³/mol. The van der Waals surface area contributed by atoms with Crippen molar-refractivity contribution in [1.29, 1.82) is 0 Å². The van der Waals surface area contributed by atoms with Crippen molar-refractivity contribution in [3.63, 3.8) is 0 Å². The van der Waals surface area contributed by atoms with Crippen molar-refractivity contribution in [2.24, 2.45) is 5.92 Å². The maximum atomic E-state index is 13.9. The van der Waals surface area contributed by atoms with E-state index in [1.807, 2.05) is 12.1 Å². The molecule has 23 heavy (non-hydrogen) atoms. The first-order chi connectivity index (χ1) is 11.1. The highest BCUT2D eigenvalue weighted by atomic mass is 19.1. The van der Waals surface area contributed by atoms with E-state index in [0.29, 0.717) is 36.7 Å². The molecule has 2 fully saturated rings. The second-order valence-electron chi connectivity index (χ2n) is 7.16. The van der Waals surface area contributed by atoms with Crippen LogP contribution < -0.4 is 5.32 Å². The number of benzene rings is 1. The Kier molecular flexibility index (Phi) is 5.31. The molecule has 2 atom stereocenters. The van der Waals surface area contributed by atoms with E-state index in [1.54, 1.807) is 6.07 Å². The standard InChI is InChI=1S/C19H27FN2O/c1-14-6-2-5-9-18(14)21-19(23)13-22(16-10-11-16)12-15-7-3-4-8-17(15)20/h3-4,7-8,14,16,18H,2,5-6,9-13H2,1H3,(H,21,23)/t14-,18-/m1/s1. The van der Waals surface area contributed by atoms with Crippen LogP contribution in [0.5, 0.6) is 0 Å². The molecule has 0 aliphatic heterocycles. The molecule has 0 saturated heterocycles. The number of nitrogens with one attached hydrogen (secondary N) is 1. The fourth-order valence-corrected chi connectivity index (χ4v) is 3.57. The number of rotatable bonds is 6. The molecule has 0 heterocycles. The van der Waals surface area contributed by atoms with Crippen molar-refractivity contribution in [1.82, 2.24) is 10.2 Å². The minimum absolute atomic E-state index is 0.0898. The minimum Gasteiger partial charge on any atom is -0.352 e. The van der Waals surface area contributed by atoms with Crippen molar-refractivity contribution in [3.8, 4) is 0 Å². The topological polar surface area (TPSA) is 32.3 Å². The van der Waals surface area contributed by atoms with Gasteiger partial charge in [0.1, 0.15) is 5.82 Å². The zero-order chi connectivity index (χ0) is 16.2. The molecule has 0 aromatic heterocycles.